The Morgan fingerprint density at radius 1 is 1.20 bits per heavy atom. The summed E-state index contributed by atoms with van der Waals surface area (Å²) < 4.78 is 39.3. The molecule has 0 aliphatic carbocycles. The van der Waals surface area contributed by atoms with Crippen LogP contribution >= 0.6 is 22.9 Å². The van der Waals surface area contributed by atoms with E-state index in [1.807, 2.05) is 12.1 Å². The number of aromatic nitrogens is 4. The number of carbonyl (C=O) groups excluding carboxylic acids is 2. The van der Waals surface area contributed by atoms with Crippen LogP contribution in [0.4, 0.5) is 19.0 Å². The highest BCUT2D eigenvalue weighted by atomic mass is 35.5. The number of nitrogens with zero attached hydrogens (tertiary/aromatic N) is 4. The van der Waals surface area contributed by atoms with Crippen molar-refractivity contribution in [1.82, 2.24) is 25.3 Å². The van der Waals surface area contributed by atoms with Crippen molar-refractivity contribution in [3.63, 3.8) is 0 Å². The maximum atomic E-state index is 13.1. The molecule has 3 N–H and O–H groups in total. The van der Waals surface area contributed by atoms with Gasteiger partial charge in [-0.05, 0) is 38.1 Å². The second kappa shape index (κ2) is 11.8. The highest BCUT2D eigenvalue weighted by molar-refractivity contribution is 7.13. The number of thiazole rings is 1. The number of nitrogens with one attached hydrogen (secondary N) is 3. The molecule has 0 bridgehead atoms. The van der Waals surface area contributed by atoms with Crippen LogP contribution in [0.5, 0.6) is 0 Å². The number of anilines is 1. The molecule has 4 heterocycles. The van der Waals surface area contributed by atoms with Gasteiger partial charge in [0.25, 0.3) is 5.91 Å². The van der Waals surface area contributed by atoms with Gasteiger partial charge in [-0.1, -0.05) is 18.2 Å². The van der Waals surface area contributed by atoms with Crippen LogP contribution in [-0.2, 0) is 11.0 Å². The van der Waals surface area contributed by atoms with Crippen LogP contribution in [0.15, 0.2) is 72.4 Å². The molecule has 0 fully saturated rings. The van der Waals surface area contributed by atoms with E-state index in [9.17, 15) is 22.8 Å². The number of H-pyrrole nitrogens is 1. The van der Waals surface area contributed by atoms with Gasteiger partial charge in [0.1, 0.15) is 21.3 Å². The molecule has 0 aromatic carbocycles. The second-order valence-electron chi connectivity index (χ2n) is 8.42. The number of pyridine rings is 2. The molecule has 1 atom stereocenters. The molecule has 14 heteroatoms. The zero-order valence-corrected chi connectivity index (χ0v) is 22.6. The van der Waals surface area contributed by atoms with Crippen molar-refractivity contribution in [2.24, 2.45) is 4.99 Å². The summed E-state index contributed by atoms with van der Waals surface area (Å²) in [7, 11) is 0. The van der Waals surface area contributed by atoms with Crippen LogP contribution in [0.25, 0.3) is 11.0 Å². The Bertz CT molecular complexity index is 1660. The quantitative estimate of drug-likeness (QED) is 0.170. The first kappa shape index (κ1) is 28.6. The van der Waals surface area contributed by atoms with Crippen LogP contribution in [-0.4, -0.2) is 37.5 Å². The summed E-state index contributed by atoms with van der Waals surface area (Å²) in [5.41, 5.74) is 1.14. The molecule has 0 saturated heterocycles. The van der Waals surface area contributed by atoms with Gasteiger partial charge in [-0.2, -0.15) is 13.2 Å². The molecule has 0 spiro atoms. The summed E-state index contributed by atoms with van der Waals surface area (Å²) in [5, 5.41) is 5.82. The third kappa shape index (κ3) is 6.61. The summed E-state index contributed by atoms with van der Waals surface area (Å²) in [4.78, 5) is 45.1. The van der Waals surface area contributed by atoms with Crippen LogP contribution < -0.4 is 10.6 Å². The Balaban J connectivity index is 1.43. The highest BCUT2D eigenvalue weighted by Crippen LogP contribution is 2.35. The number of allylic oxidation sites excluding steroid dienone is 1. The first-order valence-corrected chi connectivity index (χ1v) is 12.8. The average molecular weight is 588 g/mol. The molecule has 0 radical (unpaired) electrons. The van der Waals surface area contributed by atoms with Crippen LogP contribution in [0, 0.1) is 0 Å². The van der Waals surface area contributed by atoms with Crippen molar-refractivity contribution in [2.75, 3.05) is 5.32 Å². The number of hydrogen-bond acceptors (Lipinski definition) is 7. The Hall–Kier alpha value is -4.36. The smallest absolute Gasteiger partial charge is 0.346 e. The van der Waals surface area contributed by atoms with E-state index in [1.54, 1.807) is 32.3 Å². The molecule has 0 aliphatic heterocycles. The van der Waals surface area contributed by atoms with Crippen LogP contribution in [0.2, 0.25) is 5.02 Å². The number of alkyl halides is 3. The Morgan fingerprint density at radius 3 is 2.70 bits per heavy atom. The molecule has 9 nitrogen and oxygen atoms in total. The molecule has 4 aromatic rings. The SMILES string of the molecule is C=C/N=C(\C=C(/C)C(=O)NC(C)c1ncc(C(=O)Nc2cc(C(F)(F)F)c(Cl)cn2)s1)c1cnc2[nH]ccc2c1. The van der Waals surface area contributed by atoms with Gasteiger partial charge in [-0.25, -0.2) is 15.0 Å². The van der Waals surface area contributed by atoms with Crippen molar-refractivity contribution < 1.29 is 22.8 Å². The summed E-state index contributed by atoms with van der Waals surface area (Å²) in [6.45, 7) is 6.95. The molecule has 2 amide bonds. The summed E-state index contributed by atoms with van der Waals surface area (Å²) in [6.07, 6.45) is 3.75. The lowest BCUT2D eigenvalue weighted by Gasteiger charge is -2.12. The van der Waals surface area contributed by atoms with E-state index in [-0.39, 0.29) is 10.7 Å². The number of aliphatic imine (C=N–C) groups is 1. The maximum absolute atomic E-state index is 13.1. The zero-order chi connectivity index (χ0) is 29.0. The minimum Gasteiger partial charge on any atom is -0.346 e. The molecule has 40 heavy (non-hydrogen) atoms. The molecule has 4 rings (SSSR count). The number of hydrogen-bond donors (Lipinski definition) is 3. The van der Waals surface area contributed by atoms with Gasteiger partial charge in [0.2, 0.25) is 5.91 Å². The molecule has 4 aromatic heterocycles. The van der Waals surface area contributed by atoms with E-state index in [0.717, 1.165) is 28.6 Å². The molecular formula is C26H21ClF3N7O2S. The van der Waals surface area contributed by atoms with E-state index in [2.05, 4.69) is 42.1 Å². The van der Waals surface area contributed by atoms with E-state index in [0.29, 0.717) is 27.9 Å². The predicted octanol–water partition coefficient (Wildman–Crippen LogP) is 6.10. The zero-order valence-electron chi connectivity index (χ0n) is 21.0. The Kier molecular flexibility index (Phi) is 8.45. The van der Waals surface area contributed by atoms with Crippen molar-refractivity contribution in [3.05, 3.63) is 93.4 Å². The van der Waals surface area contributed by atoms with Gasteiger partial charge in [0.05, 0.1) is 28.5 Å². The number of amides is 2. The lowest BCUT2D eigenvalue weighted by molar-refractivity contribution is -0.137. The Morgan fingerprint density at radius 2 is 1.98 bits per heavy atom. The maximum Gasteiger partial charge on any atom is 0.418 e. The van der Waals surface area contributed by atoms with Gasteiger partial charge in [0, 0.05) is 41.3 Å². The standard InChI is InChI=1S/C26H21ClF3N7O2S/c1-4-31-19(16-8-15-5-6-32-22(15)34-10-16)7-13(2)23(38)36-14(3)25-35-12-20(40-25)24(39)37-21-9-17(26(28,29)30)18(27)11-33-21/h4-12,14H,1H2,2-3H3,(H,32,34)(H,36,38)(H,33,37,39)/b13-7+,31-19+. The summed E-state index contributed by atoms with van der Waals surface area (Å²) in [6, 6.07) is 3.83. The number of rotatable bonds is 8. The van der Waals surface area contributed by atoms with Crippen molar-refractivity contribution in [3.8, 4) is 0 Å². The number of aromatic amines is 1. The third-order valence-electron chi connectivity index (χ3n) is 5.51. The second-order valence-corrected chi connectivity index (χ2v) is 9.89. The van der Waals surface area contributed by atoms with E-state index < -0.39 is 34.6 Å². The molecule has 0 saturated carbocycles. The van der Waals surface area contributed by atoms with Gasteiger partial charge >= 0.3 is 6.18 Å². The lowest BCUT2D eigenvalue weighted by Crippen LogP contribution is -2.27. The fourth-order valence-electron chi connectivity index (χ4n) is 3.51. The Labute approximate surface area is 234 Å². The average Bonchev–Trinajstić information content (AvgIpc) is 3.58. The minimum absolute atomic E-state index is 0.113. The fourth-order valence-corrected chi connectivity index (χ4v) is 4.54. The molecule has 206 valence electrons. The summed E-state index contributed by atoms with van der Waals surface area (Å²) in [5.74, 6) is -1.42. The van der Waals surface area contributed by atoms with Crippen LogP contribution in [0.1, 0.15) is 45.7 Å². The van der Waals surface area contributed by atoms with Crippen molar-refractivity contribution in [2.45, 2.75) is 26.1 Å². The van der Waals surface area contributed by atoms with E-state index in [4.69, 9.17) is 11.6 Å². The normalized spacial score (nSPS) is 13.2. The van der Waals surface area contributed by atoms with Crippen molar-refractivity contribution >= 4 is 57.3 Å². The summed E-state index contributed by atoms with van der Waals surface area (Å²) >= 11 is 6.55. The monoisotopic (exact) mass is 587 g/mol. The van der Waals surface area contributed by atoms with Gasteiger partial charge in [-0.3, -0.25) is 14.6 Å². The van der Waals surface area contributed by atoms with Gasteiger partial charge in [0.15, 0.2) is 0 Å². The topological polar surface area (TPSA) is 125 Å². The van der Waals surface area contributed by atoms with Gasteiger partial charge in [-0.15, -0.1) is 11.3 Å². The number of carbonyl (C=O) groups is 2. The first-order valence-electron chi connectivity index (χ1n) is 11.6. The molecular weight excluding hydrogens is 567 g/mol. The fraction of sp³-hybridized carbons (Fsp3) is 0.154. The minimum atomic E-state index is -4.71. The van der Waals surface area contributed by atoms with Crippen LogP contribution in [0.3, 0.4) is 0 Å². The van der Waals surface area contributed by atoms with E-state index >= 15 is 0 Å². The molecule has 1 unspecified atom stereocenters. The van der Waals surface area contributed by atoms with Gasteiger partial charge < -0.3 is 15.6 Å². The number of fused-ring (bicyclic) bond motifs is 1. The van der Waals surface area contributed by atoms with Crippen molar-refractivity contribution in [1.29, 1.82) is 0 Å². The number of halogens is 4. The molecule has 0 aliphatic rings. The highest BCUT2D eigenvalue weighted by Gasteiger charge is 2.34. The largest absolute Gasteiger partial charge is 0.418 e. The predicted molar refractivity (Wildman–Crippen MR) is 147 cm³/mol. The lowest BCUT2D eigenvalue weighted by atomic mass is 10.1. The first-order chi connectivity index (χ1) is 19.0. The third-order valence-corrected chi connectivity index (χ3v) is 6.99. The van der Waals surface area contributed by atoms with E-state index in [1.165, 1.54) is 12.4 Å².